The van der Waals surface area contributed by atoms with Gasteiger partial charge >= 0.3 is 0 Å². The van der Waals surface area contributed by atoms with Gasteiger partial charge in [0.15, 0.2) is 0 Å². The molecular weight excluding hydrogens is 298 g/mol. The van der Waals surface area contributed by atoms with Gasteiger partial charge in [0, 0.05) is 31.4 Å². The summed E-state index contributed by atoms with van der Waals surface area (Å²) >= 11 is 0. The van der Waals surface area contributed by atoms with Crippen LogP contribution in [0.3, 0.4) is 0 Å². The molecule has 22 heavy (non-hydrogen) atoms. The van der Waals surface area contributed by atoms with E-state index >= 15 is 0 Å². The highest BCUT2D eigenvalue weighted by Crippen LogP contribution is 2.28. The molecule has 0 radical (unpaired) electrons. The lowest BCUT2D eigenvalue weighted by Crippen LogP contribution is -2.48. The van der Waals surface area contributed by atoms with Crippen molar-refractivity contribution in [1.82, 2.24) is 10.2 Å². The van der Waals surface area contributed by atoms with Gasteiger partial charge < -0.3 is 10.2 Å². The number of nitrogens with zero attached hydrogens (tertiary/aromatic N) is 2. The molecule has 4 rings (SSSR count). The Kier molecular flexibility index (Phi) is 4.71. The molecule has 5 heteroatoms. The van der Waals surface area contributed by atoms with Crippen molar-refractivity contribution >= 4 is 24.0 Å². The van der Waals surface area contributed by atoms with E-state index < -0.39 is 0 Å². The quantitative estimate of drug-likeness (QED) is 0.900. The molecule has 0 bridgehead atoms. The van der Waals surface area contributed by atoms with Gasteiger partial charge in [-0.1, -0.05) is 18.2 Å². The minimum Gasteiger partial charge on any atom is -0.314 e. The summed E-state index contributed by atoms with van der Waals surface area (Å²) in [6, 6.07) is 9.00. The Bertz CT molecular complexity index is 550. The molecule has 4 nitrogen and oxygen atoms in total. The van der Waals surface area contributed by atoms with Crippen molar-refractivity contribution in [2.75, 3.05) is 37.6 Å². The van der Waals surface area contributed by atoms with Crippen LogP contribution in [0.15, 0.2) is 24.3 Å². The highest BCUT2D eigenvalue weighted by Gasteiger charge is 2.34. The molecular formula is C17H24ClN3O. The molecule has 0 aliphatic carbocycles. The van der Waals surface area contributed by atoms with E-state index in [-0.39, 0.29) is 18.3 Å². The van der Waals surface area contributed by atoms with Crippen molar-refractivity contribution in [2.45, 2.75) is 25.3 Å². The van der Waals surface area contributed by atoms with Crippen LogP contribution in [0.1, 0.15) is 18.4 Å². The summed E-state index contributed by atoms with van der Waals surface area (Å²) in [5.41, 5.74) is 2.43. The number of carbonyl (C=O) groups is 1. The van der Waals surface area contributed by atoms with Crippen LogP contribution in [0.25, 0.3) is 0 Å². The smallest absolute Gasteiger partial charge is 0.241 e. The summed E-state index contributed by atoms with van der Waals surface area (Å²) in [6.45, 7) is 4.71. The molecule has 2 saturated heterocycles. The highest BCUT2D eigenvalue weighted by atomic mass is 35.5. The van der Waals surface area contributed by atoms with Crippen molar-refractivity contribution in [2.24, 2.45) is 5.92 Å². The third-order valence-corrected chi connectivity index (χ3v) is 5.29. The number of benzene rings is 1. The Morgan fingerprint density at radius 1 is 1.23 bits per heavy atom. The zero-order valence-corrected chi connectivity index (χ0v) is 13.6. The van der Waals surface area contributed by atoms with E-state index in [1.807, 2.05) is 11.0 Å². The van der Waals surface area contributed by atoms with E-state index in [0.717, 1.165) is 44.2 Å². The second kappa shape index (κ2) is 6.57. The first-order valence-corrected chi connectivity index (χ1v) is 8.15. The van der Waals surface area contributed by atoms with Crippen molar-refractivity contribution in [3.05, 3.63) is 29.8 Å². The maximum atomic E-state index is 12.6. The zero-order chi connectivity index (χ0) is 14.2. The number of likely N-dealkylation sites (tertiary alicyclic amines) is 1. The van der Waals surface area contributed by atoms with Crippen LogP contribution in [0.4, 0.5) is 5.69 Å². The Morgan fingerprint density at radius 3 is 3.00 bits per heavy atom. The van der Waals surface area contributed by atoms with Gasteiger partial charge in [-0.15, -0.1) is 12.4 Å². The van der Waals surface area contributed by atoms with E-state index in [1.54, 1.807) is 0 Å². The van der Waals surface area contributed by atoms with E-state index in [1.165, 1.54) is 18.4 Å². The fourth-order valence-corrected chi connectivity index (χ4v) is 4.14. The number of piperidine rings is 1. The number of para-hydroxylation sites is 1. The molecule has 3 heterocycles. The predicted molar refractivity (Wildman–Crippen MR) is 90.7 cm³/mol. The Balaban J connectivity index is 0.00000144. The maximum absolute atomic E-state index is 12.6. The summed E-state index contributed by atoms with van der Waals surface area (Å²) in [4.78, 5) is 17.0. The first-order chi connectivity index (χ1) is 10.3. The van der Waals surface area contributed by atoms with Gasteiger partial charge in [-0.3, -0.25) is 9.69 Å². The van der Waals surface area contributed by atoms with Crippen molar-refractivity contribution in [3.63, 3.8) is 0 Å². The number of fused-ring (bicyclic) bond motifs is 2. The third-order valence-electron chi connectivity index (χ3n) is 5.29. The van der Waals surface area contributed by atoms with Crippen LogP contribution in [-0.4, -0.2) is 49.6 Å². The number of nitrogens with one attached hydrogen (secondary N) is 1. The van der Waals surface area contributed by atoms with Gasteiger partial charge in [0.2, 0.25) is 5.91 Å². The van der Waals surface area contributed by atoms with E-state index in [4.69, 9.17) is 0 Å². The van der Waals surface area contributed by atoms with Gasteiger partial charge in [-0.25, -0.2) is 0 Å². The molecule has 3 aliphatic rings. The van der Waals surface area contributed by atoms with Gasteiger partial charge in [0.1, 0.15) is 0 Å². The van der Waals surface area contributed by atoms with Gasteiger partial charge in [0.05, 0.1) is 6.54 Å². The lowest BCUT2D eigenvalue weighted by molar-refractivity contribution is -0.120. The lowest BCUT2D eigenvalue weighted by atomic mass is 9.93. The molecule has 1 aromatic carbocycles. The summed E-state index contributed by atoms with van der Waals surface area (Å²) in [5, 5.41) is 3.58. The molecule has 1 aromatic rings. The number of halogens is 1. The number of carbonyl (C=O) groups excluding carboxylic acids is 1. The van der Waals surface area contributed by atoms with E-state index in [0.29, 0.717) is 12.6 Å². The largest absolute Gasteiger partial charge is 0.314 e. The first kappa shape index (κ1) is 15.8. The molecule has 1 N–H and O–H groups in total. The summed E-state index contributed by atoms with van der Waals surface area (Å²) in [6.07, 6.45) is 3.45. The second-order valence-electron chi connectivity index (χ2n) is 6.56. The van der Waals surface area contributed by atoms with Crippen LogP contribution in [0.5, 0.6) is 0 Å². The van der Waals surface area contributed by atoms with Crippen LogP contribution in [0, 0.1) is 5.92 Å². The minimum atomic E-state index is 0. The van der Waals surface area contributed by atoms with Crippen LogP contribution in [-0.2, 0) is 11.2 Å². The first-order valence-electron chi connectivity index (χ1n) is 8.15. The number of amides is 1. The maximum Gasteiger partial charge on any atom is 0.241 e. The highest BCUT2D eigenvalue weighted by molar-refractivity contribution is 5.96. The molecule has 0 aromatic heterocycles. The van der Waals surface area contributed by atoms with Gasteiger partial charge in [-0.05, 0) is 43.4 Å². The molecule has 2 unspecified atom stereocenters. The second-order valence-corrected chi connectivity index (χ2v) is 6.56. The van der Waals surface area contributed by atoms with Crippen molar-refractivity contribution < 1.29 is 4.79 Å². The minimum absolute atomic E-state index is 0. The molecule has 2 atom stereocenters. The molecule has 0 saturated carbocycles. The topological polar surface area (TPSA) is 35.6 Å². The summed E-state index contributed by atoms with van der Waals surface area (Å²) < 4.78 is 0. The van der Waals surface area contributed by atoms with E-state index in [9.17, 15) is 4.79 Å². The fraction of sp³-hybridized carbons (Fsp3) is 0.588. The molecule has 120 valence electrons. The van der Waals surface area contributed by atoms with Crippen LogP contribution in [0.2, 0.25) is 0 Å². The number of hydrogen-bond donors (Lipinski definition) is 1. The Hall–Kier alpha value is -1.10. The average molecular weight is 322 g/mol. The summed E-state index contributed by atoms with van der Waals surface area (Å²) in [7, 11) is 0. The third kappa shape index (κ3) is 2.87. The number of anilines is 1. The zero-order valence-electron chi connectivity index (χ0n) is 12.8. The van der Waals surface area contributed by atoms with Gasteiger partial charge in [-0.2, -0.15) is 0 Å². The fourth-order valence-electron chi connectivity index (χ4n) is 4.14. The molecule has 3 aliphatic heterocycles. The molecule has 1 amide bonds. The monoisotopic (exact) mass is 321 g/mol. The number of hydrogen-bond acceptors (Lipinski definition) is 3. The molecule has 2 fully saturated rings. The SMILES string of the molecule is Cl.O=C(CN1CCC2NCCC2C1)N1CCc2ccccc21. The predicted octanol–water partition coefficient (Wildman–Crippen LogP) is 1.68. The van der Waals surface area contributed by atoms with Crippen molar-refractivity contribution in [3.8, 4) is 0 Å². The lowest BCUT2D eigenvalue weighted by Gasteiger charge is -2.35. The van der Waals surface area contributed by atoms with Crippen LogP contribution < -0.4 is 10.2 Å². The Labute approximate surface area is 138 Å². The molecule has 0 spiro atoms. The van der Waals surface area contributed by atoms with Gasteiger partial charge in [0.25, 0.3) is 0 Å². The normalized spacial score (nSPS) is 27.2. The average Bonchev–Trinajstić information content (AvgIpc) is 3.13. The van der Waals surface area contributed by atoms with E-state index in [2.05, 4.69) is 28.4 Å². The van der Waals surface area contributed by atoms with Crippen molar-refractivity contribution in [1.29, 1.82) is 0 Å². The Morgan fingerprint density at radius 2 is 2.09 bits per heavy atom. The standard InChI is InChI=1S/C17H23N3O.ClH/c21-17(20-10-6-13-3-1-2-4-16(13)20)12-19-9-7-15-14(11-19)5-8-18-15;/h1-4,14-15,18H,5-12H2;1H. The number of rotatable bonds is 2. The van der Waals surface area contributed by atoms with Crippen LogP contribution >= 0.6 is 12.4 Å². The summed E-state index contributed by atoms with van der Waals surface area (Å²) in [5.74, 6) is 1.02.